The van der Waals surface area contributed by atoms with Crippen molar-refractivity contribution in [1.29, 1.82) is 0 Å². The van der Waals surface area contributed by atoms with Crippen LogP contribution in [-0.2, 0) is 0 Å². The smallest absolute Gasteiger partial charge is 0.0908 e. The number of hydrogen-bond acceptors (Lipinski definition) is 3. The standard InChI is InChI=1S/C19H25N3/c1-19(2,3)18-13-21(17-12-8-7-11-16(17)20)14-22(18)15-9-5-4-6-10-15/h4-12,18H,13-14,20H2,1-3H3/t18-/m1/s1. The number of rotatable bonds is 2. The van der Waals surface area contributed by atoms with E-state index in [1.165, 1.54) is 5.69 Å². The molecule has 0 bridgehead atoms. The van der Waals surface area contributed by atoms with Crippen LogP contribution < -0.4 is 15.5 Å². The van der Waals surface area contributed by atoms with Gasteiger partial charge in [0.05, 0.1) is 24.1 Å². The van der Waals surface area contributed by atoms with Gasteiger partial charge in [-0.15, -0.1) is 0 Å². The molecule has 22 heavy (non-hydrogen) atoms. The van der Waals surface area contributed by atoms with Crippen molar-refractivity contribution in [2.24, 2.45) is 5.41 Å². The molecule has 1 aliphatic heterocycles. The predicted octanol–water partition coefficient (Wildman–Crippen LogP) is 3.97. The van der Waals surface area contributed by atoms with Gasteiger partial charge in [0, 0.05) is 12.2 Å². The van der Waals surface area contributed by atoms with Crippen molar-refractivity contribution < 1.29 is 0 Å². The number of benzene rings is 2. The minimum Gasteiger partial charge on any atom is -0.397 e. The van der Waals surface area contributed by atoms with Crippen molar-refractivity contribution in [3.8, 4) is 0 Å². The van der Waals surface area contributed by atoms with E-state index in [9.17, 15) is 0 Å². The molecule has 1 heterocycles. The lowest BCUT2D eigenvalue weighted by atomic mass is 9.86. The lowest BCUT2D eigenvalue weighted by Gasteiger charge is -2.35. The first-order chi connectivity index (χ1) is 10.5. The zero-order valence-electron chi connectivity index (χ0n) is 13.7. The molecule has 0 radical (unpaired) electrons. The van der Waals surface area contributed by atoms with E-state index in [4.69, 9.17) is 5.73 Å². The van der Waals surface area contributed by atoms with Gasteiger partial charge in [0.1, 0.15) is 0 Å². The molecule has 2 aromatic carbocycles. The maximum Gasteiger partial charge on any atom is 0.0908 e. The van der Waals surface area contributed by atoms with E-state index < -0.39 is 0 Å². The summed E-state index contributed by atoms with van der Waals surface area (Å²) in [5, 5.41) is 0. The molecule has 0 unspecified atom stereocenters. The molecule has 1 atom stereocenters. The van der Waals surface area contributed by atoms with E-state index in [0.29, 0.717) is 6.04 Å². The summed E-state index contributed by atoms with van der Waals surface area (Å²) in [6, 6.07) is 19.3. The quantitative estimate of drug-likeness (QED) is 0.851. The molecule has 0 aliphatic carbocycles. The molecule has 0 aromatic heterocycles. The number of hydrogen-bond donors (Lipinski definition) is 1. The fourth-order valence-corrected chi connectivity index (χ4v) is 3.22. The van der Waals surface area contributed by atoms with Crippen LogP contribution >= 0.6 is 0 Å². The van der Waals surface area contributed by atoms with Crippen LogP contribution in [-0.4, -0.2) is 19.3 Å². The molecule has 0 saturated carbocycles. The monoisotopic (exact) mass is 295 g/mol. The first-order valence-electron chi connectivity index (χ1n) is 7.88. The fourth-order valence-electron chi connectivity index (χ4n) is 3.22. The Morgan fingerprint density at radius 3 is 2.23 bits per heavy atom. The van der Waals surface area contributed by atoms with Gasteiger partial charge in [-0.05, 0) is 29.7 Å². The first kappa shape index (κ1) is 14.8. The zero-order chi connectivity index (χ0) is 15.7. The molecule has 1 fully saturated rings. The molecule has 1 aliphatic rings. The lowest BCUT2D eigenvalue weighted by molar-refractivity contribution is 0.334. The minimum atomic E-state index is 0.203. The Labute approximate surface area is 133 Å². The number of anilines is 3. The van der Waals surface area contributed by atoms with E-state index in [1.54, 1.807) is 0 Å². The normalized spacial score (nSPS) is 18.8. The largest absolute Gasteiger partial charge is 0.397 e. The van der Waals surface area contributed by atoms with Crippen molar-refractivity contribution in [3.63, 3.8) is 0 Å². The van der Waals surface area contributed by atoms with Crippen LogP contribution in [0.4, 0.5) is 17.1 Å². The summed E-state index contributed by atoms with van der Waals surface area (Å²) in [6.45, 7) is 8.80. The van der Waals surface area contributed by atoms with Gasteiger partial charge in [0.25, 0.3) is 0 Å². The van der Waals surface area contributed by atoms with E-state index in [-0.39, 0.29) is 5.41 Å². The van der Waals surface area contributed by atoms with Gasteiger partial charge in [0.2, 0.25) is 0 Å². The summed E-state index contributed by atoms with van der Waals surface area (Å²) in [7, 11) is 0. The number of nitrogens with two attached hydrogens (primary N) is 1. The van der Waals surface area contributed by atoms with Crippen LogP contribution in [0.1, 0.15) is 20.8 Å². The van der Waals surface area contributed by atoms with Crippen molar-refractivity contribution in [3.05, 3.63) is 54.6 Å². The zero-order valence-corrected chi connectivity index (χ0v) is 13.7. The van der Waals surface area contributed by atoms with E-state index in [0.717, 1.165) is 24.6 Å². The average Bonchev–Trinajstić information content (AvgIpc) is 2.94. The topological polar surface area (TPSA) is 32.5 Å². The third-order valence-corrected chi connectivity index (χ3v) is 4.46. The second kappa shape index (κ2) is 5.56. The highest BCUT2D eigenvalue weighted by atomic mass is 15.4. The second-order valence-electron chi connectivity index (χ2n) is 7.11. The first-order valence-corrected chi connectivity index (χ1v) is 7.88. The van der Waals surface area contributed by atoms with Crippen molar-refractivity contribution >= 4 is 17.1 Å². The van der Waals surface area contributed by atoms with Crippen LogP contribution in [0.2, 0.25) is 0 Å². The van der Waals surface area contributed by atoms with Crippen molar-refractivity contribution in [2.45, 2.75) is 26.8 Å². The van der Waals surface area contributed by atoms with Gasteiger partial charge >= 0.3 is 0 Å². The molecule has 116 valence electrons. The number of nitrogen functional groups attached to an aromatic ring is 1. The van der Waals surface area contributed by atoms with Gasteiger partial charge in [-0.3, -0.25) is 0 Å². The van der Waals surface area contributed by atoms with Crippen LogP contribution in [0.3, 0.4) is 0 Å². The summed E-state index contributed by atoms with van der Waals surface area (Å²) in [6.07, 6.45) is 0. The Morgan fingerprint density at radius 1 is 0.955 bits per heavy atom. The van der Waals surface area contributed by atoms with Crippen LogP contribution in [0.5, 0.6) is 0 Å². The Balaban J connectivity index is 1.94. The molecule has 1 saturated heterocycles. The Bertz CT molecular complexity index is 631. The summed E-state index contributed by atoms with van der Waals surface area (Å²) >= 11 is 0. The second-order valence-corrected chi connectivity index (χ2v) is 7.11. The summed E-state index contributed by atoms with van der Waals surface area (Å²) in [5.41, 5.74) is 9.64. The number of para-hydroxylation sites is 3. The summed E-state index contributed by atoms with van der Waals surface area (Å²) < 4.78 is 0. The molecule has 3 nitrogen and oxygen atoms in total. The van der Waals surface area contributed by atoms with Crippen molar-refractivity contribution in [1.82, 2.24) is 0 Å². The van der Waals surface area contributed by atoms with E-state index in [1.807, 2.05) is 12.1 Å². The van der Waals surface area contributed by atoms with Gasteiger partial charge in [0.15, 0.2) is 0 Å². The minimum absolute atomic E-state index is 0.203. The van der Waals surface area contributed by atoms with Gasteiger partial charge in [-0.25, -0.2) is 0 Å². The average molecular weight is 295 g/mol. The molecule has 0 amide bonds. The molecular formula is C19H25N3. The van der Waals surface area contributed by atoms with E-state index in [2.05, 4.69) is 73.0 Å². The van der Waals surface area contributed by atoms with Gasteiger partial charge < -0.3 is 15.5 Å². The number of nitrogens with zero attached hydrogens (tertiary/aromatic N) is 2. The van der Waals surface area contributed by atoms with Gasteiger partial charge in [-0.1, -0.05) is 51.1 Å². The maximum atomic E-state index is 6.18. The van der Waals surface area contributed by atoms with Crippen LogP contribution in [0.25, 0.3) is 0 Å². The molecular weight excluding hydrogens is 270 g/mol. The van der Waals surface area contributed by atoms with E-state index >= 15 is 0 Å². The van der Waals surface area contributed by atoms with Gasteiger partial charge in [-0.2, -0.15) is 0 Å². The van der Waals surface area contributed by atoms with Crippen LogP contribution in [0.15, 0.2) is 54.6 Å². The lowest BCUT2D eigenvalue weighted by Crippen LogP contribution is -2.41. The maximum absolute atomic E-state index is 6.18. The Kier molecular flexibility index (Phi) is 3.73. The highest BCUT2D eigenvalue weighted by molar-refractivity contribution is 5.69. The molecule has 3 heteroatoms. The third-order valence-electron chi connectivity index (χ3n) is 4.46. The highest BCUT2D eigenvalue weighted by Crippen LogP contribution is 2.36. The molecule has 2 N–H and O–H groups in total. The van der Waals surface area contributed by atoms with Crippen LogP contribution in [0, 0.1) is 5.41 Å². The predicted molar refractivity (Wildman–Crippen MR) is 95.2 cm³/mol. The highest BCUT2D eigenvalue weighted by Gasteiger charge is 2.38. The van der Waals surface area contributed by atoms with Crippen molar-refractivity contribution in [2.75, 3.05) is 28.7 Å². The Hall–Kier alpha value is -2.16. The summed E-state index contributed by atoms with van der Waals surface area (Å²) in [5.74, 6) is 0. The fraction of sp³-hybridized carbons (Fsp3) is 0.368. The molecule has 2 aromatic rings. The summed E-state index contributed by atoms with van der Waals surface area (Å²) in [4.78, 5) is 4.88. The third kappa shape index (κ3) is 2.76. The molecule has 3 rings (SSSR count). The Morgan fingerprint density at radius 2 is 1.59 bits per heavy atom. The SMILES string of the molecule is CC(C)(C)[C@H]1CN(c2ccccc2N)CN1c1ccccc1. The molecule has 0 spiro atoms.